The molecule has 0 amide bonds. The second-order valence-corrected chi connectivity index (χ2v) is 3.86. The number of rotatable bonds is 2. The zero-order chi connectivity index (χ0) is 8.27. The first kappa shape index (κ1) is 12.5. The molecule has 12 heavy (non-hydrogen) atoms. The van der Waals surface area contributed by atoms with Crippen molar-refractivity contribution in [1.82, 2.24) is 0 Å². The predicted molar refractivity (Wildman–Crippen MR) is 64.2 cm³/mol. The van der Waals surface area contributed by atoms with E-state index in [1.54, 1.807) is 0 Å². The Bertz CT molecular complexity index is 253. The Morgan fingerprint density at radius 1 is 1.42 bits per heavy atom. The molecule has 0 spiro atoms. The maximum Gasteiger partial charge on any atom is 0.0542 e. The number of hydrogen-bond acceptors (Lipinski definition) is 1. The summed E-state index contributed by atoms with van der Waals surface area (Å²) in [6.07, 6.45) is 0.899. The Balaban J connectivity index is 0.00000121. The molecular weight excluding hydrogens is 308 g/mol. The van der Waals surface area contributed by atoms with E-state index in [9.17, 15) is 0 Å². The van der Waals surface area contributed by atoms with Crippen molar-refractivity contribution < 1.29 is 0 Å². The smallest absolute Gasteiger partial charge is 0.0542 e. The maximum atomic E-state index is 5.90. The molecule has 0 radical (unpaired) electrons. The first-order valence-electron chi connectivity index (χ1n) is 3.38. The third kappa shape index (κ3) is 3.47. The molecule has 0 unspecified atom stereocenters. The maximum absolute atomic E-state index is 5.90. The van der Waals surface area contributed by atoms with Crippen LogP contribution >= 0.6 is 46.6 Å². The largest absolute Gasteiger partial charge is 0.330 e. The van der Waals surface area contributed by atoms with Crippen LogP contribution in [0.3, 0.4) is 0 Å². The van der Waals surface area contributed by atoms with Crippen molar-refractivity contribution in [3.63, 3.8) is 0 Å². The van der Waals surface area contributed by atoms with Gasteiger partial charge in [-0.2, -0.15) is 0 Å². The van der Waals surface area contributed by atoms with Crippen molar-refractivity contribution in [2.24, 2.45) is 5.73 Å². The minimum Gasteiger partial charge on any atom is -0.330 e. The summed E-state index contributed by atoms with van der Waals surface area (Å²) >= 11 is 8.11. The molecule has 0 aromatic heterocycles. The van der Waals surface area contributed by atoms with Gasteiger partial charge in [-0.1, -0.05) is 17.7 Å². The highest BCUT2D eigenvalue weighted by Crippen LogP contribution is 2.19. The number of hydrogen-bond donors (Lipinski definition) is 1. The van der Waals surface area contributed by atoms with Crippen LogP contribution in [-0.2, 0) is 6.42 Å². The van der Waals surface area contributed by atoms with Gasteiger partial charge in [0.2, 0.25) is 0 Å². The molecule has 0 saturated carbocycles. The van der Waals surface area contributed by atoms with Gasteiger partial charge in [-0.25, -0.2) is 0 Å². The van der Waals surface area contributed by atoms with Gasteiger partial charge < -0.3 is 5.73 Å². The topological polar surface area (TPSA) is 26.0 Å². The highest BCUT2D eigenvalue weighted by molar-refractivity contribution is 14.1. The molecule has 0 saturated heterocycles. The van der Waals surface area contributed by atoms with Crippen LogP contribution < -0.4 is 5.73 Å². The second-order valence-electron chi connectivity index (χ2n) is 2.29. The first-order valence-corrected chi connectivity index (χ1v) is 4.83. The van der Waals surface area contributed by atoms with Crippen molar-refractivity contribution >= 4 is 46.6 Å². The Hall–Kier alpha value is 0.490. The van der Waals surface area contributed by atoms with E-state index in [1.807, 2.05) is 12.1 Å². The molecule has 1 aromatic rings. The zero-order valence-electron chi connectivity index (χ0n) is 6.39. The minimum atomic E-state index is 0. The molecular formula is C8H10Cl2IN. The summed E-state index contributed by atoms with van der Waals surface area (Å²) in [5, 5.41) is 0.816. The quantitative estimate of drug-likeness (QED) is 0.834. The van der Waals surface area contributed by atoms with E-state index in [0.717, 1.165) is 15.0 Å². The zero-order valence-corrected chi connectivity index (χ0v) is 10.1. The second kappa shape index (κ2) is 6.02. The average molecular weight is 318 g/mol. The predicted octanol–water partition coefficient (Wildman–Crippen LogP) is 2.87. The lowest BCUT2D eigenvalue weighted by atomic mass is 10.2. The first-order chi connectivity index (χ1) is 5.24. The fourth-order valence-electron chi connectivity index (χ4n) is 0.862. The molecule has 0 aliphatic heterocycles. The van der Waals surface area contributed by atoms with E-state index < -0.39 is 0 Å². The van der Waals surface area contributed by atoms with Crippen LogP contribution in [0, 0.1) is 3.57 Å². The molecule has 1 aromatic carbocycles. The highest BCUT2D eigenvalue weighted by Gasteiger charge is 1.97. The Morgan fingerprint density at radius 3 is 2.58 bits per heavy atom. The van der Waals surface area contributed by atoms with Gasteiger partial charge in [0.15, 0.2) is 0 Å². The average Bonchev–Trinajstić information content (AvgIpc) is 1.98. The SMILES string of the molecule is Cl.NCCc1ccc(I)c(Cl)c1. The van der Waals surface area contributed by atoms with Crippen molar-refractivity contribution in [2.75, 3.05) is 6.54 Å². The van der Waals surface area contributed by atoms with E-state index in [1.165, 1.54) is 5.56 Å². The Kier molecular flexibility index (Phi) is 6.27. The van der Waals surface area contributed by atoms with Gasteiger partial charge in [-0.3, -0.25) is 0 Å². The Labute approximate surface area is 97.2 Å². The van der Waals surface area contributed by atoms with Crippen LogP contribution in [0.4, 0.5) is 0 Å². The summed E-state index contributed by atoms with van der Waals surface area (Å²) in [7, 11) is 0. The minimum absolute atomic E-state index is 0. The van der Waals surface area contributed by atoms with Gasteiger partial charge in [0.05, 0.1) is 5.02 Å². The van der Waals surface area contributed by atoms with Gasteiger partial charge in [-0.15, -0.1) is 12.4 Å². The molecule has 0 atom stereocenters. The monoisotopic (exact) mass is 317 g/mol. The molecule has 0 aliphatic carbocycles. The molecule has 1 rings (SSSR count). The van der Waals surface area contributed by atoms with Crippen LogP contribution in [0.25, 0.3) is 0 Å². The summed E-state index contributed by atoms with van der Waals surface area (Å²) in [6.45, 7) is 0.678. The van der Waals surface area contributed by atoms with Gasteiger partial charge in [0.25, 0.3) is 0 Å². The van der Waals surface area contributed by atoms with Gasteiger partial charge in [-0.05, 0) is 53.3 Å². The molecule has 2 N–H and O–H groups in total. The lowest BCUT2D eigenvalue weighted by Crippen LogP contribution is -2.02. The summed E-state index contributed by atoms with van der Waals surface area (Å²) in [5.41, 5.74) is 6.61. The lowest BCUT2D eigenvalue weighted by Gasteiger charge is -2.00. The van der Waals surface area contributed by atoms with Crippen molar-refractivity contribution in [3.8, 4) is 0 Å². The van der Waals surface area contributed by atoms with E-state index in [0.29, 0.717) is 6.54 Å². The molecule has 0 heterocycles. The summed E-state index contributed by atoms with van der Waals surface area (Å²) < 4.78 is 1.09. The van der Waals surface area contributed by atoms with Crippen molar-refractivity contribution in [3.05, 3.63) is 32.4 Å². The number of halogens is 3. The van der Waals surface area contributed by atoms with Crippen molar-refractivity contribution in [2.45, 2.75) is 6.42 Å². The van der Waals surface area contributed by atoms with E-state index in [4.69, 9.17) is 17.3 Å². The molecule has 4 heteroatoms. The van der Waals surface area contributed by atoms with E-state index in [2.05, 4.69) is 28.7 Å². The van der Waals surface area contributed by atoms with Crippen LogP contribution in [0.1, 0.15) is 5.56 Å². The van der Waals surface area contributed by atoms with Crippen LogP contribution in [0.2, 0.25) is 5.02 Å². The summed E-state index contributed by atoms with van der Waals surface area (Å²) in [4.78, 5) is 0. The van der Waals surface area contributed by atoms with Gasteiger partial charge in [0, 0.05) is 3.57 Å². The molecule has 0 fully saturated rings. The van der Waals surface area contributed by atoms with Gasteiger partial charge >= 0.3 is 0 Å². The number of nitrogens with two attached hydrogens (primary N) is 1. The third-order valence-electron chi connectivity index (χ3n) is 1.42. The Morgan fingerprint density at radius 2 is 2.08 bits per heavy atom. The van der Waals surface area contributed by atoms with E-state index in [-0.39, 0.29) is 12.4 Å². The van der Waals surface area contributed by atoms with Crippen LogP contribution in [0.15, 0.2) is 18.2 Å². The van der Waals surface area contributed by atoms with Crippen molar-refractivity contribution in [1.29, 1.82) is 0 Å². The number of benzene rings is 1. The third-order valence-corrected chi connectivity index (χ3v) is 2.99. The fraction of sp³-hybridized carbons (Fsp3) is 0.250. The van der Waals surface area contributed by atoms with Gasteiger partial charge in [0.1, 0.15) is 0 Å². The highest BCUT2D eigenvalue weighted by atomic mass is 127. The molecule has 0 aliphatic rings. The lowest BCUT2D eigenvalue weighted by molar-refractivity contribution is 0.968. The fourth-order valence-corrected chi connectivity index (χ4v) is 1.40. The van der Waals surface area contributed by atoms with E-state index >= 15 is 0 Å². The molecule has 68 valence electrons. The summed E-state index contributed by atoms with van der Waals surface area (Å²) in [6, 6.07) is 6.03. The summed E-state index contributed by atoms with van der Waals surface area (Å²) in [5.74, 6) is 0. The molecule has 1 nitrogen and oxygen atoms in total. The standard InChI is InChI=1S/C8H9ClIN.ClH/c9-7-5-6(3-4-11)1-2-8(7)10;/h1-2,5H,3-4,11H2;1H. The van der Waals surface area contributed by atoms with Crippen LogP contribution in [-0.4, -0.2) is 6.54 Å². The molecule has 0 bridgehead atoms. The van der Waals surface area contributed by atoms with Crippen LogP contribution in [0.5, 0.6) is 0 Å². The normalized spacial score (nSPS) is 9.25.